The largest absolute Gasteiger partial charge is 0.394 e. The molecule has 134 valence electrons. The van der Waals surface area contributed by atoms with E-state index in [0.29, 0.717) is 11.1 Å². The first-order valence-corrected chi connectivity index (χ1v) is 9.36. The van der Waals surface area contributed by atoms with Gasteiger partial charge in [0.25, 0.3) is 5.91 Å². The minimum atomic E-state index is -3.52. The molecule has 0 unspecified atom stereocenters. The van der Waals surface area contributed by atoms with Crippen molar-refractivity contribution in [1.82, 2.24) is 15.3 Å². The zero-order valence-corrected chi connectivity index (χ0v) is 14.3. The van der Waals surface area contributed by atoms with Crippen LogP contribution in [0.4, 0.5) is 0 Å². The van der Waals surface area contributed by atoms with Crippen molar-refractivity contribution in [2.45, 2.75) is 23.6 Å². The number of hydrogen-bond donors (Lipinski definition) is 3. The van der Waals surface area contributed by atoms with Crippen LogP contribution in [0.3, 0.4) is 0 Å². The molecule has 2 atom stereocenters. The second kappa shape index (κ2) is 8.15. The van der Waals surface area contributed by atoms with Crippen LogP contribution < -0.4 is 5.32 Å². The summed E-state index contributed by atoms with van der Waals surface area (Å²) in [6.07, 6.45) is 4.24. The van der Waals surface area contributed by atoms with E-state index in [2.05, 4.69) is 15.3 Å². The van der Waals surface area contributed by atoms with Crippen molar-refractivity contribution in [3.05, 3.63) is 54.0 Å². The lowest BCUT2D eigenvalue weighted by molar-refractivity contribution is 0.0739. The topological polar surface area (TPSA) is 129 Å². The quantitative estimate of drug-likeness (QED) is 0.634. The van der Waals surface area contributed by atoms with Gasteiger partial charge in [-0.1, -0.05) is 0 Å². The van der Waals surface area contributed by atoms with E-state index in [-0.39, 0.29) is 11.4 Å². The Hall–Kier alpha value is -2.36. The van der Waals surface area contributed by atoms with E-state index in [1.165, 1.54) is 36.8 Å². The maximum Gasteiger partial charge on any atom is 0.251 e. The number of amides is 1. The van der Waals surface area contributed by atoms with Gasteiger partial charge in [-0.3, -0.25) is 9.78 Å². The molecule has 0 fully saturated rings. The summed E-state index contributed by atoms with van der Waals surface area (Å²) in [4.78, 5) is 20.0. The Morgan fingerprint density at radius 1 is 1.24 bits per heavy atom. The van der Waals surface area contributed by atoms with Gasteiger partial charge in [0, 0.05) is 30.4 Å². The number of nitrogens with one attached hydrogen (secondary N) is 1. The van der Waals surface area contributed by atoms with Gasteiger partial charge in [-0.25, -0.2) is 13.4 Å². The number of rotatable bonds is 7. The molecule has 0 saturated heterocycles. The molecule has 0 saturated carbocycles. The molecular weight excluding hydrogens is 346 g/mol. The van der Waals surface area contributed by atoms with Crippen molar-refractivity contribution in [1.29, 1.82) is 0 Å². The van der Waals surface area contributed by atoms with E-state index in [4.69, 9.17) is 5.11 Å². The van der Waals surface area contributed by atoms with E-state index in [0.717, 1.165) is 6.26 Å². The highest BCUT2D eigenvalue weighted by Gasteiger charge is 2.21. The van der Waals surface area contributed by atoms with E-state index in [1.54, 1.807) is 6.07 Å². The summed E-state index contributed by atoms with van der Waals surface area (Å²) in [5.74, 6) is -0.407. The number of carbonyl (C=O) groups excluding carboxylic acids is 1. The van der Waals surface area contributed by atoms with Crippen molar-refractivity contribution in [3.63, 3.8) is 0 Å². The average Bonchev–Trinajstić information content (AvgIpc) is 2.61. The van der Waals surface area contributed by atoms with Crippen LogP contribution in [0, 0.1) is 0 Å². The molecular formula is C16H19N3O5S. The zero-order valence-electron chi connectivity index (χ0n) is 13.5. The monoisotopic (exact) mass is 365 g/mol. The van der Waals surface area contributed by atoms with Crippen LogP contribution in [-0.2, 0) is 9.84 Å². The van der Waals surface area contributed by atoms with Crippen LogP contribution in [0.15, 0.2) is 47.9 Å². The molecule has 2 aromatic heterocycles. The Balaban J connectivity index is 2.31. The van der Waals surface area contributed by atoms with Crippen LogP contribution in [0.2, 0.25) is 0 Å². The highest BCUT2D eigenvalue weighted by Crippen LogP contribution is 2.21. The lowest BCUT2D eigenvalue weighted by atomic mass is 10.0. The minimum absolute atomic E-state index is 0.0144. The van der Waals surface area contributed by atoms with Crippen molar-refractivity contribution in [2.75, 3.05) is 12.9 Å². The first-order valence-electron chi connectivity index (χ1n) is 7.47. The fraction of sp³-hybridized carbons (Fsp3) is 0.312. The highest BCUT2D eigenvalue weighted by atomic mass is 32.2. The van der Waals surface area contributed by atoms with Crippen LogP contribution >= 0.6 is 0 Å². The molecule has 2 rings (SSSR count). The molecule has 0 aromatic carbocycles. The van der Waals surface area contributed by atoms with Gasteiger partial charge in [0.15, 0.2) is 14.9 Å². The molecule has 0 bridgehead atoms. The van der Waals surface area contributed by atoms with Crippen molar-refractivity contribution in [3.8, 4) is 0 Å². The number of aliphatic hydroxyl groups excluding tert-OH is 2. The van der Waals surface area contributed by atoms with Gasteiger partial charge in [-0.05, 0) is 36.2 Å². The maximum atomic E-state index is 12.4. The Labute approximate surface area is 145 Å². The Bertz CT molecular complexity index is 827. The van der Waals surface area contributed by atoms with Crippen molar-refractivity contribution < 1.29 is 23.4 Å². The number of carbonyl (C=O) groups is 1. The third kappa shape index (κ3) is 5.31. The molecule has 0 aliphatic carbocycles. The third-order valence-corrected chi connectivity index (χ3v) is 4.49. The molecule has 0 aliphatic rings. The zero-order chi connectivity index (χ0) is 18.4. The molecule has 8 nitrogen and oxygen atoms in total. The number of aliphatic hydroxyl groups is 2. The second-order valence-corrected chi connectivity index (χ2v) is 7.50. The fourth-order valence-corrected chi connectivity index (χ4v) is 2.82. The summed E-state index contributed by atoms with van der Waals surface area (Å²) in [5, 5.41) is 21.4. The molecule has 2 heterocycles. The summed E-state index contributed by atoms with van der Waals surface area (Å²) in [6, 6.07) is 5.26. The summed E-state index contributed by atoms with van der Waals surface area (Å²) >= 11 is 0. The summed E-state index contributed by atoms with van der Waals surface area (Å²) < 4.78 is 23.4. The third-order valence-electron chi connectivity index (χ3n) is 3.51. The Morgan fingerprint density at radius 3 is 2.52 bits per heavy atom. The number of sulfone groups is 1. The number of nitrogens with zero attached hydrogens (tertiary/aromatic N) is 2. The van der Waals surface area contributed by atoms with Gasteiger partial charge < -0.3 is 15.5 Å². The van der Waals surface area contributed by atoms with Crippen molar-refractivity contribution in [2.24, 2.45) is 0 Å². The highest BCUT2D eigenvalue weighted by molar-refractivity contribution is 7.90. The lowest BCUT2D eigenvalue weighted by Crippen LogP contribution is -2.32. The summed E-state index contributed by atoms with van der Waals surface area (Å²) in [7, 11) is -3.52. The molecule has 25 heavy (non-hydrogen) atoms. The number of hydrogen-bond acceptors (Lipinski definition) is 7. The van der Waals surface area contributed by atoms with Gasteiger partial charge in [-0.2, -0.15) is 0 Å². The standard InChI is InChI=1S/C16H19N3O5S/c1-25(23,24)15-8-12(4-7-18-15)14(9-13(21)10-20)19-16(22)11-2-5-17-6-3-11/h2-8,13-14,20-21H,9-10H2,1H3,(H,19,22)/t13-,14-/m0/s1. The van der Waals surface area contributed by atoms with E-state index in [9.17, 15) is 18.3 Å². The van der Waals surface area contributed by atoms with Gasteiger partial charge in [-0.15, -0.1) is 0 Å². The lowest BCUT2D eigenvalue weighted by Gasteiger charge is -2.21. The molecule has 0 radical (unpaired) electrons. The van der Waals surface area contributed by atoms with Crippen molar-refractivity contribution >= 4 is 15.7 Å². The maximum absolute atomic E-state index is 12.4. The van der Waals surface area contributed by atoms with E-state index >= 15 is 0 Å². The molecule has 1 amide bonds. The Kier molecular flexibility index (Phi) is 6.18. The van der Waals surface area contributed by atoms with Crippen LogP contribution in [0.5, 0.6) is 0 Å². The van der Waals surface area contributed by atoms with E-state index < -0.39 is 34.5 Å². The Morgan fingerprint density at radius 2 is 1.92 bits per heavy atom. The molecule has 3 N–H and O–H groups in total. The molecule has 0 aliphatic heterocycles. The first-order chi connectivity index (χ1) is 11.8. The van der Waals surface area contributed by atoms with Crippen LogP contribution in [0.25, 0.3) is 0 Å². The fourth-order valence-electron chi connectivity index (χ4n) is 2.21. The SMILES string of the molecule is CS(=O)(=O)c1cc([C@H](C[C@H](O)CO)NC(=O)c2ccncc2)ccn1. The molecule has 0 spiro atoms. The van der Waals surface area contributed by atoms with Gasteiger partial charge in [0.2, 0.25) is 0 Å². The smallest absolute Gasteiger partial charge is 0.251 e. The number of pyridine rings is 2. The van der Waals surface area contributed by atoms with Crippen LogP contribution in [0.1, 0.15) is 28.4 Å². The first kappa shape index (κ1) is 19.0. The number of aromatic nitrogens is 2. The van der Waals surface area contributed by atoms with E-state index in [1.807, 2.05) is 0 Å². The average molecular weight is 365 g/mol. The minimum Gasteiger partial charge on any atom is -0.394 e. The summed E-state index contributed by atoms with van der Waals surface area (Å²) in [5.41, 5.74) is 0.834. The van der Waals surface area contributed by atoms with Gasteiger partial charge >= 0.3 is 0 Å². The molecule has 9 heteroatoms. The molecule has 2 aromatic rings. The second-order valence-electron chi connectivity index (χ2n) is 5.53. The predicted octanol–water partition coefficient (Wildman–Crippen LogP) is 0.0945. The summed E-state index contributed by atoms with van der Waals surface area (Å²) in [6.45, 7) is -0.481. The predicted molar refractivity (Wildman–Crippen MR) is 89.5 cm³/mol. The van der Waals surface area contributed by atoms with Gasteiger partial charge in [0.1, 0.15) is 0 Å². The van der Waals surface area contributed by atoms with Crippen LogP contribution in [-0.4, -0.2) is 53.5 Å². The van der Waals surface area contributed by atoms with Gasteiger partial charge in [0.05, 0.1) is 18.8 Å². The normalized spacial score (nSPS) is 13.9.